The van der Waals surface area contributed by atoms with E-state index < -0.39 is 18.2 Å². The number of nitrogens with zero attached hydrogens (tertiary/aromatic N) is 4. The number of rotatable bonds is 8. The highest BCUT2D eigenvalue weighted by molar-refractivity contribution is 5.91. The van der Waals surface area contributed by atoms with Gasteiger partial charge < -0.3 is 19.9 Å². The van der Waals surface area contributed by atoms with Gasteiger partial charge >= 0.3 is 6.03 Å². The number of halogens is 1. The zero-order valence-electron chi connectivity index (χ0n) is 19.0. The lowest BCUT2D eigenvalue weighted by molar-refractivity contribution is -0.187. The molecule has 0 spiro atoms. The summed E-state index contributed by atoms with van der Waals surface area (Å²) in [4.78, 5) is 42.4. The second-order valence-electron chi connectivity index (χ2n) is 8.07. The number of ether oxygens (including phenoxy) is 1. The highest BCUT2D eigenvalue weighted by Gasteiger charge is 2.50. The van der Waals surface area contributed by atoms with E-state index >= 15 is 0 Å². The van der Waals surface area contributed by atoms with Crippen LogP contribution in [0.15, 0.2) is 24.3 Å². The van der Waals surface area contributed by atoms with Crippen LogP contribution in [0.5, 0.6) is 0 Å². The first-order valence-electron chi connectivity index (χ1n) is 11.0. The van der Waals surface area contributed by atoms with Crippen molar-refractivity contribution >= 4 is 17.8 Å². The molecule has 1 aromatic carbocycles. The standard InChI is InChI=1S/C23H30FN5O4/c1-4-6-19-22(31)27(11-13-33-12-5-2)15-20-28(19)21(30)16-26(3)29(20)23(32)25-14-17-7-9-18(24)10-8-17/h2,7-10,19-20H,4,6,11-16H2,1,3H3,(H,25,32)/t19-,20?/m0/s1. The maximum Gasteiger partial charge on any atom is 0.334 e. The Morgan fingerprint density at radius 2 is 2.03 bits per heavy atom. The maximum atomic E-state index is 13.2. The summed E-state index contributed by atoms with van der Waals surface area (Å²) in [7, 11) is 1.67. The average Bonchev–Trinajstić information content (AvgIpc) is 2.78. The largest absolute Gasteiger partial charge is 0.367 e. The predicted octanol–water partition coefficient (Wildman–Crippen LogP) is 1.01. The molecule has 4 amide bonds. The molecule has 0 radical (unpaired) electrons. The van der Waals surface area contributed by atoms with Gasteiger partial charge in [0.15, 0.2) is 0 Å². The Bertz CT molecular complexity index is 903. The van der Waals surface area contributed by atoms with Crippen LogP contribution in [-0.2, 0) is 20.9 Å². The van der Waals surface area contributed by atoms with Crippen LogP contribution >= 0.6 is 0 Å². The number of hydrogen-bond acceptors (Lipinski definition) is 5. The van der Waals surface area contributed by atoms with E-state index in [-0.39, 0.29) is 50.5 Å². The minimum atomic E-state index is -0.647. The normalized spacial score (nSPS) is 21.1. The Balaban J connectivity index is 1.79. The zero-order valence-corrected chi connectivity index (χ0v) is 19.0. The van der Waals surface area contributed by atoms with Crippen molar-refractivity contribution in [2.45, 2.75) is 38.5 Å². The van der Waals surface area contributed by atoms with Crippen LogP contribution in [-0.4, -0.2) is 89.8 Å². The number of urea groups is 1. The Morgan fingerprint density at radius 1 is 1.30 bits per heavy atom. The number of carbonyl (C=O) groups excluding carboxylic acids is 3. The maximum absolute atomic E-state index is 13.2. The number of hydrazine groups is 1. The van der Waals surface area contributed by atoms with E-state index in [9.17, 15) is 18.8 Å². The zero-order chi connectivity index (χ0) is 24.0. The van der Waals surface area contributed by atoms with E-state index in [1.165, 1.54) is 17.1 Å². The van der Waals surface area contributed by atoms with Gasteiger partial charge in [-0.25, -0.2) is 19.2 Å². The number of amides is 4. The number of nitrogens with one attached hydrogen (secondary N) is 1. The van der Waals surface area contributed by atoms with E-state index in [1.807, 2.05) is 6.92 Å². The van der Waals surface area contributed by atoms with Crippen molar-refractivity contribution in [3.63, 3.8) is 0 Å². The highest BCUT2D eigenvalue weighted by Crippen LogP contribution is 2.27. The number of piperazine rings is 1. The van der Waals surface area contributed by atoms with Crippen LogP contribution in [0, 0.1) is 18.2 Å². The van der Waals surface area contributed by atoms with E-state index in [0.717, 1.165) is 5.56 Å². The molecule has 0 bridgehead atoms. The number of hydrogen-bond donors (Lipinski definition) is 1. The fourth-order valence-corrected chi connectivity index (χ4v) is 4.22. The van der Waals surface area contributed by atoms with Crippen LogP contribution in [0.2, 0.25) is 0 Å². The van der Waals surface area contributed by atoms with Gasteiger partial charge in [0.2, 0.25) is 11.8 Å². The summed E-state index contributed by atoms with van der Waals surface area (Å²) >= 11 is 0. The molecular formula is C23H30FN5O4. The number of terminal acetylenes is 1. The van der Waals surface area contributed by atoms with Gasteiger partial charge in [-0.2, -0.15) is 0 Å². The van der Waals surface area contributed by atoms with Gasteiger partial charge in [-0.15, -0.1) is 6.42 Å². The van der Waals surface area contributed by atoms with Gasteiger partial charge in [0.05, 0.1) is 19.7 Å². The third kappa shape index (κ3) is 5.61. The van der Waals surface area contributed by atoms with Crippen LogP contribution in [0.1, 0.15) is 25.3 Å². The Labute approximate surface area is 193 Å². The molecule has 2 saturated heterocycles. The van der Waals surface area contributed by atoms with Crippen LogP contribution in [0.3, 0.4) is 0 Å². The molecule has 2 heterocycles. The average molecular weight is 460 g/mol. The Kier molecular flexibility index (Phi) is 8.25. The number of likely N-dealkylation sites (N-methyl/N-ethyl adjacent to an activating group) is 1. The summed E-state index contributed by atoms with van der Waals surface area (Å²) in [5, 5.41) is 5.88. The summed E-state index contributed by atoms with van der Waals surface area (Å²) < 4.78 is 18.5. The molecule has 1 aromatic rings. The molecule has 3 rings (SSSR count). The second kappa shape index (κ2) is 11.1. The molecular weight excluding hydrogens is 429 g/mol. The molecule has 0 aliphatic carbocycles. The highest BCUT2D eigenvalue weighted by atomic mass is 19.1. The monoisotopic (exact) mass is 459 g/mol. The first-order valence-corrected chi connectivity index (χ1v) is 11.0. The molecule has 2 atom stereocenters. The molecule has 0 aromatic heterocycles. The lowest BCUT2D eigenvalue weighted by Gasteiger charge is -2.54. The van der Waals surface area contributed by atoms with E-state index in [4.69, 9.17) is 11.2 Å². The molecule has 0 saturated carbocycles. The predicted molar refractivity (Wildman–Crippen MR) is 119 cm³/mol. The fourth-order valence-electron chi connectivity index (χ4n) is 4.22. The van der Waals surface area contributed by atoms with E-state index in [1.54, 1.807) is 34.0 Å². The van der Waals surface area contributed by atoms with Crippen molar-refractivity contribution in [2.24, 2.45) is 0 Å². The number of fused-ring (bicyclic) bond motifs is 1. The quantitative estimate of drug-likeness (QED) is 0.463. The lowest BCUT2D eigenvalue weighted by Crippen LogP contribution is -2.76. The van der Waals surface area contributed by atoms with Crippen molar-refractivity contribution < 1.29 is 23.5 Å². The SMILES string of the molecule is C#CCOCCN1CC2N(C(=O)CN(C)N2C(=O)NCc2ccc(F)cc2)[C@@H](CCC)C1=O. The van der Waals surface area contributed by atoms with E-state index in [2.05, 4.69) is 11.2 Å². The minimum absolute atomic E-state index is 0.0146. The molecule has 2 fully saturated rings. The lowest BCUT2D eigenvalue weighted by atomic mass is 10.0. The van der Waals surface area contributed by atoms with Gasteiger partial charge in [0.25, 0.3) is 0 Å². The summed E-state index contributed by atoms with van der Waals surface area (Å²) in [5.74, 6) is 1.69. The summed E-state index contributed by atoms with van der Waals surface area (Å²) in [5.41, 5.74) is 0.743. The first kappa shape index (κ1) is 24.5. The van der Waals surface area contributed by atoms with Crippen molar-refractivity contribution in [1.29, 1.82) is 0 Å². The van der Waals surface area contributed by atoms with Gasteiger partial charge in [0, 0.05) is 20.1 Å². The van der Waals surface area contributed by atoms with Crippen molar-refractivity contribution in [3.05, 3.63) is 35.6 Å². The third-order valence-electron chi connectivity index (χ3n) is 5.76. The number of carbonyl (C=O) groups is 3. The first-order chi connectivity index (χ1) is 15.9. The summed E-state index contributed by atoms with van der Waals surface area (Å²) in [6.45, 7) is 3.03. The molecule has 1 unspecified atom stereocenters. The second-order valence-corrected chi connectivity index (χ2v) is 8.07. The smallest absolute Gasteiger partial charge is 0.334 e. The summed E-state index contributed by atoms with van der Waals surface area (Å²) in [6, 6.07) is 4.81. The van der Waals surface area contributed by atoms with Gasteiger partial charge in [0.1, 0.15) is 24.6 Å². The summed E-state index contributed by atoms with van der Waals surface area (Å²) in [6.07, 6.45) is 5.77. The Hall–Kier alpha value is -3.16. The van der Waals surface area contributed by atoms with Crippen molar-refractivity contribution in [2.75, 3.05) is 39.9 Å². The van der Waals surface area contributed by atoms with Gasteiger partial charge in [-0.3, -0.25) is 9.59 Å². The molecule has 9 nitrogen and oxygen atoms in total. The van der Waals surface area contributed by atoms with Crippen LogP contribution in [0.4, 0.5) is 9.18 Å². The van der Waals surface area contributed by atoms with Crippen LogP contribution < -0.4 is 5.32 Å². The van der Waals surface area contributed by atoms with Crippen molar-refractivity contribution in [1.82, 2.24) is 25.1 Å². The molecule has 178 valence electrons. The van der Waals surface area contributed by atoms with Crippen LogP contribution in [0.25, 0.3) is 0 Å². The third-order valence-corrected chi connectivity index (χ3v) is 5.76. The molecule has 33 heavy (non-hydrogen) atoms. The topological polar surface area (TPSA) is 85.4 Å². The molecule has 2 aliphatic rings. The van der Waals surface area contributed by atoms with Crippen molar-refractivity contribution in [3.8, 4) is 12.3 Å². The molecule has 2 aliphatic heterocycles. The minimum Gasteiger partial charge on any atom is -0.367 e. The molecule has 1 N–H and O–H groups in total. The fraction of sp³-hybridized carbons (Fsp3) is 0.522. The van der Waals surface area contributed by atoms with Gasteiger partial charge in [-0.05, 0) is 24.1 Å². The van der Waals surface area contributed by atoms with Gasteiger partial charge in [-0.1, -0.05) is 31.4 Å². The molecule has 10 heteroatoms. The number of benzene rings is 1. The van der Waals surface area contributed by atoms with E-state index in [0.29, 0.717) is 19.4 Å². The Morgan fingerprint density at radius 3 is 2.70 bits per heavy atom.